The van der Waals surface area contributed by atoms with E-state index in [-0.39, 0.29) is 35.7 Å². The summed E-state index contributed by atoms with van der Waals surface area (Å²) in [6.07, 6.45) is 11.5. The first-order chi connectivity index (χ1) is 14.7. The second-order valence-electron chi connectivity index (χ2n) is 9.21. The monoisotopic (exact) mass is 430 g/mol. The SMILES string of the molecule is CC#CCC(C)[C@@H](/C=C/[C@H]1[C@H](O)C[C@@H]2C/C(=C\CCCC(=O)O)C[C@@]21CC)OC(C)=O. The lowest BCUT2D eigenvalue weighted by Crippen LogP contribution is -2.30. The van der Waals surface area contributed by atoms with Crippen molar-refractivity contribution in [1.29, 1.82) is 0 Å². The van der Waals surface area contributed by atoms with Crippen LogP contribution < -0.4 is 0 Å². The van der Waals surface area contributed by atoms with Crippen molar-refractivity contribution in [3.05, 3.63) is 23.8 Å². The molecule has 0 amide bonds. The Morgan fingerprint density at radius 2 is 2.13 bits per heavy atom. The number of carboxylic acid groups (broad SMARTS) is 1. The van der Waals surface area contributed by atoms with Crippen LogP contribution in [0.2, 0.25) is 0 Å². The Morgan fingerprint density at radius 3 is 2.74 bits per heavy atom. The van der Waals surface area contributed by atoms with Crippen LogP contribution in [-0.2, 0) is 14.3 Å². The lowest BCUT2D eigenvalue weighted by Gasteiger charge is -2.34. The van der Waals surface area contributed by atoms with E-state index in [0.29, 0.717) is 18.8 Å². The molecule has 0 radical (unpaired) electrons. The van der Waals surface area contributed by atoms with Crippen molar-refractivity contribution in [3.63, 3.8) is 0 Å². The summed E-state index contributed by atoms with van der Waals surface area (Å²) < 4.78 is 5.55. The summed E-state index contributed by atoms with van der Waals surface area (Å²) in [4.78, 5) is 22.4. The Hall–Kier alpha value is -2.06. The van der Waals surface area contributed by atoms with Gasteiger partial charge in [0.2, 0.25) is 0 Å². The average Bonchev–Trinajstić information content (AvgIpc) is 3.17. The maximum Gasteiger partial charge on any atom is 0.303 e. The summed E-state index contributed by atoms with van der Waals surface area (Å²) in [7, 11) is 0. The molecule has 0 aromatic rings. The van der Waals surface area contributed by atoms with Crippen LogP contribution in [0.4, 0.5) is 0 Å². The number of aliphatic hydroxyl groups is 1. The molecule has 1 unspecified atom stereocenters. The van der Waals surface area contributed by atoms with Gasteiger partial charge in [0.05, 0.1) is 6.10 Å². The molecular weight excluding hydrogens is 392 g/mol. The summed E-state index contributed by atoms with van der Waals surface area (Å²) >= 11 is 0. The highest BCUT2D eigenvalue weighted by Crippen LogP contribution is 2.61. The minimum atomic E-state index is -0.749. The third-order valence-electron chi connectivity index (χ3n) is 7.14. The van der Waals surface area contributed by atoms with Crippen molar-refractivity contribution in [2.75, 3.05) is 0 Å². The van der Waals surface area contributed by atoms with Crippen molar-refractivity contribution in [2.45, 2.75) is 91.3 Å². The van der Waals surface area contributed by atoms with Crippen molar-refractivity contribution in [1.82, 2.24) is 0 Å². The van der Waals surface area contributed by atoms with Crippen LogP contribution in [0.15, 0.2) is 23.8 Å². The second-order valence-corrected chi connectivity index (χ2v) is 9.21. The molecule has 0 aliphatic heterocycles. The number of hydrogen-bond acceptors (Lipinski definition) is 4. The molecule has 0 aromatic heterocycles. The maximum absolute atomic E-state index is 11.6. The number of aliphatic hydroxyl groups excluding tert-OH is 1. The maximum atomic E-state index is 11.6. The minimum absolute atomic E-state index is 0.0157. The van der Waals surface area contributed by atoms with Gasteiger partial charge >= 0.3 is 11.9 Å². The number of allylic oxidation sites excluding steroid dienone is 2. The smallest absolute Gasteiger partial charge is 0.303 e. The molecule has 31 heavy (non-hydrogen) atoms. The van der Waals surface area contributed by atoms with Gasteiger partial charge in [-0.2, -0.15) is 0 Å². The lowest BCUT2D eigenvalue weighted by molar-refractivity contribution is -0.146. The summed E-state index contributed by atoms with van der Waals surface area (Å²) in [6, 6.07) is 0. The number of rotatable bonds is 10. The Labute approximate surface area is 186 Å². The molecule has 5 nitrogen and oxygen atoms in total. The standard InChI is InChI=1S/C26H38O5/c1-5-7-10-18(3)24(31-19(4)27)14-13-22-23(28)16-21-15-20(17-26(21,22)6-2)11-8-9-12-25(29)30/h11,13-14,18,21-24,28H,6,8-10,12,15-17H2,1-4H3,(H,29,30)/b14-13+,20-11+/t18?,21-,22-,23+,24+,26-/m0/s1. The van der Waals surface area contributed by atoms with Crippen LogP contribution >= 0.6 is 0 Å². The van der Waals surface area contributed by atoms with Crippen molar-refractivity contribution < 1.29 is 24.5 Å². The minimum Gasteiger partial charge on any atom is -0.481 e. The molecule has 5 heteroatoms. The molecule has 6 atom stereocenters. The van der Waals surface area contributed by atoms with Crippen LogP contribution in [0.25, 0.3) is 0 Å². The fraction of sp³-hybridized carbons (Fsp3) is 0.692. The van der Waals surface area contributed by atoms with E-state index in [1.54, 1.807) is 6.92 Å². The molecule has 2 N–H and O–H groups in total. The van der Waals surface area contributed by atoms with Gasteiger partial charge in [0.15, 0.2) is 0 Å². The number of aliphatic carboxylic acids is 1. The van der Waals surface area contributed by atoms with Gasteiger partial charge in [-0.1, -0.05) is 31.6 Å². The summed E-state index contributed by atoms with van der Waals surface area (Å²) in [5, 5.41) is 19.7. The molecule has 2 aliphatic carbocycles. The Morgan fingerprint density at radius 1 is 1.39 bits per heavy atom. The Balaban J connectivity index is 2.16. The number of carboxylic acids is 1. The number of unbranched alkanes of at least 4 members (excludes halogenated alkanes) is 1. The molecule has 172 valence electrons. The third-order valence-corrected chi connectivity index (χ3v) is 7.14. The highest BCUT2D eigenvalue weighted by molar-refractivity contribution is 5.66. The molecule has 2 saturated carbocycles. The fourth-order valence-corrected chi connectivity index (χ4v) is 5.52. The van der Waals surface area contributed by atoms with Crippen LogP contribution in [0.5, 0.6) is 0 Å². The highest BCUT2D eigenvalue weighted by Gasteiger charge is 2.55. The first kappa shape index (κ1) is 25.2. The molecule has 0 saturated heterocycles. The van der Waals surface area contributed by atoms with Gasteiger partial charge in [-0.15, -0.1) is 11.8 Å². The van der Waals surface area contributed by atoms with Gasteiger partial charge in [0.25, 0.3) is 0 Å². The summed E-state index contributed by atoms with van der Waals surface area (Å²) in [5.41, 5.74) is 1.41. The quantitative estimate of drug-likeness (QED) is 0.223. The topological polar surface area (TPSA) is 83.8 Å². The van der Waals surface area contributed by atoms with Gasteiger partial charge < -0.3 is 14.9 Å². The number of carbonyl (C=O) groups is 2. The highest BCUT2D eigenvalue weighted by atomic mass is 16.5. The summed E-state index contributed by atoms with van der Waals surface area (Å²) in [6.45, 7) is 7.45. The predicted octanol–water partition coefficient (Wildman–Crippen LogP) is 4.89. The fourth-order valence-electron chi connectivity index (χ4n) is 5.52. The van der Waals surface area contributed by atoms with E-state index in [2.05, 4.69) is 30.9 Å². The van der Waals surface area contributed by atoms with Crippen molar-refractivity contribution in [2.24, 2.45) is 23.2 Å². The molecular formula is C26H38O5. The summed E-state index contributed by atoms with van der Waals surface area (Å²) in [5.74, 6) is 5.43. The Kier molecular flexibility index (Phi) is 9.37. The van der Waals surface area contributed by atoms with Crippen LogP contribution in [-0.4, -0.2) is 34.4 Å². The lowest BCUT2D eigenvalue weighted by atomic mass is 9.71. The number of ether oxygens (including phenoxy) is 1. The van der Waals surface area contributed by atoms with Crippen molar-refractivity contribution in [3.8, 4) is 11.8 Å². The van der Waals surface area contributed by atoms with E-state index in [1.165, 1.54) is 12.5 Å². The molecule has 2 rings (SSSR count). The zero-order valence-electron chi connectivity index (χ0n) is 19.4. The van der Waals surface area contributed by atoms with Crippen LogP contribution in [0, 0.1) is 35.0 Å². The average molecular weight is 431 g/mol. The number of carbonyl (C=O) groups excluding carboxylic acids is 1. The van der Waals surface area contributed by atoms with Gasteiger partial charge in [-0.05, 0) is 62.9 Å². The van der Waals surface area contributed by atoms with Gasteiger partial charge in [-0.25, -0.2) is 0 Å². The molecule has 2 aliphatic rings. The molecule has 0 bridgehead atoms. The van der Waals surface area contributed by atoms with Gasteiger partial charge in [0.1, 0.15) is 6.10 Å². The number of fused-ring (bicyclic) bond motifs is 1. The second kappa shape index (κ2) is 11.5. The van der Waals surface area contributed by atoms with E-state index >= 15 is 0 Å². The molecule has 2 fully saturated rings. The van der Waals surface area contributed by atoms with Crippen molar-refractivity contribution >= 4 is 11.9 Å². The Bertz CT molecular complexity index is 755. The molecule has 0 heterocycles. The third kappa shape index (κ3) is 6.46. The van der Waals surface area contributed by atoms with Crippen LogP contribution in [0.1, 0.15) is 79.1 Å². The van der Waals surface area contributed by atoms with E-state index in [0.717, 1.165) is 32.1 Å². The van der Waals surface area contributed by atoms with E-state index in [4.69, 9.17) is 9.84 Å². The number of esters is 1. The van der Waals surface area contributed by atoms with Crippen LogP contribution in [0.3, 0.4) is 0 Å². The molecule has 0 spiro atoms. The van der Waals surface area contributed by atoms with E-state index < -0.39 is 12.1 Å². The zero-order chi connectivity index (χ0) is 23.0. The number of hydrogen-bond donors (Lipinski definition) is 2. The first-order valence-electron chi connectivity index (χ1n) is 11.6. The van der Waals surface area contributed by atoms with Gasteiger partial charge in [0, 0.05) is 31.6 Å². The van der Waals surface area contributed by atoms with E-state index in [9.17, 15) is 14.7 Å². The zero-order valence-corrected chi connectivity index (χ0v) is 19.4. The molecule has 0 aromatic carbocycles. The largest absolute Gasteiger partial charge is 0.481 e. The van der Waals surface area contributed by atoms with E-state index in [1.807, 2.05) is 13.0 Å². The van der Waals surface area contributed by atoms with Gasteiger partial charge in [-0.3, -0.25) is 9.59 Å². The first-order valence-corrected chi connectivity index (χ1v) is 11.6. The predicted molar refractivity (Wildman–Crippen MR) is 121 cm³/mol. The normalized spacial score (nSPS) is 30.6.